The lowest BCUT2D eigenvalue weighted by molar-refractivity contribution is 0.632. The molecule has 0 amide bonds. The summed E-state index contributed by atoms with van der Waals surface area (Å²) in [6.07, 6.45) is 2.71. The molecule has 1 heterocycles. The van der Waals surface area contributed by atoms with E-state index in [4.69, 9.17) is 5.73 Å². The number of hydrogen-bond donors (Lipinski definition) is 1. The highest BCUT2D eigenvalue weighted by Gasteiger charge is 1.94. The molecule has 12 heavy (non-hydrogen) atoms. The lowest BCUT2D eigenvalue weighted by Crippen LogP contribution is -2.06. The van der Waals surface area contributed by atoms with Gasteiger partial charge in [0.05, 0.1) is 0 Å². The van der Waals surface area contributed by atoms with Crippen LogP contribution in [0.2, 0.25) is 0 Å². The van der Waals surface area contributed by atoms with Gasteiger partial charge in [-0.25, -0.2) is 0 Å². The highest BCUT2D eigenvalue weighted by molar-refractivity contribution is 5.85. The number of rotatable bonds is 3. The average molecular weight is 213 g/mol. The summed E-state index contributed by atoms with van der Waals surface area (Å²) in [5, 5.41) is 7.59. The summed E-state index contributed by atoms with van der Waals surface area (Å²) < 4.78 is 1.99. The van der Waals surface area contributed by atoms with Crippen LogP contribution in [0.3, 0.4) is 0 Å². The smallest absolute Gasteiger partial charge is 0.129 e. The molecular formula is C6H14Cl2N4. The summed E-state index contributed by atoms with van der Waals surface area (Å²) in [4.78, 5) is 0. The molecular weight excluding hydrogens is 199 g/mol. The first-order valence-electron chi connectivity index (χ1n) is 3.39. The molecule has 0 unspecified atom stereocenters. The van der Waals surface area contributed by atoms with E-state index in [2.05, 4.69) is 10.2 Å². The Morgan fingerprint density at radius 2 is 2.17 bits per heavy atom. The molecule has 0 radical (unpaired) electrons. The minimum Gasteiger partial charge on any atom is -0.330 e. The summed E-state index contributed by atoms with van der Waals surface area (Å²) in [6, 6.07) is 0. The van der Waals surface area contributed by atoms with Crippen LogP contribution in [0.15, 0.2) is 6.33 Å². The maximum absolute atomic E-state index is 5.34. The molecule has 1 rings (SSSR count). The zero-order valence-corrected chi connectivity index (χ0v) is 8.57. The molecule has 0 saturated carbocycles. The maximum atomic E-state index is 5.34. The Kier molecular flexibility index (Phi) is 8.69. The van der Waals surface area contributed by atoms with Gasteiger partial charge in [-0.1, -0.05) is 0 Å². The Hall–Kier alpha value is -0.320. The van der Waals surface area contributed by atoms with Crippen LogP contribution in [0.1, 0.15) is 12.2 Å². The first-order valence-corrected chi connectivity index (χ1v) is 3.39. The average Bonchev–Trinajstić information content (AvgIpc) is 2.31. The van der Waals surface area contributed by atoms with Crippen LogP contribution in [-0.4, -0.2) is 21.3 Å². The Morgan fingerprint density at radius 1 is 1.50 bits per heavy atom. The van der Waals surface area contributed by atoms with Crippen LogP contribution in [0.25, 0.3) is 0 Å². The number of hydrogen-bond acceptors (Lipinski definition) is 3. The van der Waals surface area contributed by atoms with Gasteiger partial charge in [-0.15, -0.1) is 35.0 Å². The quantitative estimate of drug-likeness (QED) is 0.807. The highest BCUT2D eigenvalue weighted by Crippen LogP contribution is 1.92. The summed E-state index contributed by atoms with van der Waals surface area (Å²) in [7, 11) is 0. The molecule has 6 heteroatoms. The van der Waals surface area contributed by atoms with Gasteiger partial charge in [0.1, 0.15) is 12.2 Å². The van der Waals surface area contributed by atoms with Gasteiger partial charge in [0.25, 0.3) is 0 Å². The fourth-order valence-electron chi connectivity index (χ4n) is 0.794. The van der Waals surface area contributed by atoms with Crippen molar-refractivity contribution in [3.63, 3.8) is 0 Å². The summed E-state index contributed by atoms with van der Waals surface area (Å²) >= 11 is 0. The first-order chi connectivity index (χ1) is 4.84. The minimum absolute atomic E-state index is 0. The van der Waals surface area contributed by atoms with E-state index in [-0.39, 0.29) is 24.8 Å². The van der Waals surface area contributed by atoms with E-state index in [0.29, 0.717) is 0 Å². The van der Waals surface area contributed by atoms with Gasteiger partial charge in [0.2, 0.25) is 0 Å². The van der Waals surface area contributed by atoms with E-state index in [9.17, 15) is 0 Å². The molecule has 0 bridgehead atoms. The predicted octanol–water partition coefficient (Wildman–Crippen LogP) is 0.779. The van der Waals surface area contributed by atoms with Crippen molar-refractivity contribution in [3.8, 4) is 0 Å². The zero-order chi connectivity index (χ0) is 7.40. The number of nitrogens with two attached hydrogens (primary N) is 1. The molecule has 0 aliphatic carbocycles. The summed E-state index contributed by atoms with van der Waals surface area (Å²) in [6.45, 7) is 3.58. The zero-order valence-electron chi connectivity index (χ0n) is 6.93. The number of halogens is 2. The Morgan fingerprint density at radius 3 is 2.58 bits per heavy atom. The van der Waals surface area contributed by atoms with Gasteiger partial charge >= 0.3 is 0 Å². The van der Waals surface area contributed by atoms with E-state index >= 15 is 0 Å². The topological polar surface area (TPSA) is 56.7 Å². The van der Waals surface area contributed by atoms with Crippen molar-refractivity contribution in [1.82, 2.24) is 14.8 Å². The standard InChI is InChI=1S/C6H12N4.2ClH/c1-6-9-8-5-10(6)4-2-3-7;;/h5H,2-4,7H2,1H3;2*1H. The van der Waals surface area contributed by atoms with Crippen molar-refractivity contribution in [2.24, 2.45) is 5.73 Å². The minimum atomic E-state index is 0. The van der Waals surface area contributed by atoms with Crippen LogP contribution in [0, 0.1) is 6.92 Å². The maximum Gasteiger partial charge on any atom is 0.129 e. The monoisotopic (exact) mass is 212 g/mol. The van der Waals surface area contributed by atoms with Crippen LogP contribution >= 0.6 is 24.8 Å². The van der Waals surface area contributed by atoms with Gasteiger partial charge in [-0.2, -0.15) is 0 Å². The van der Waals surface area contributed by atoms with Crippen molar-refractivity contribution in [2.75, 3.05) is 6.54 Å². The lowest BCUT2D eigenvalue weighted by Gasteiger charge is -1.99. The number of aryl methyl sites for hydroxylation is 2. The van der Waals surface area contributed by atoms with E-state index in [1.54, 1.807) is 6.33 Å². The van der Waals surface area contributed by atoms with Crippen LogP contribution < -0.4 is 5.73 Å². The van der Waals surface area contributed by atoms with E-state index in [0.717, 1.165) is 25.3 Å². The van der Waals surface area contributed by atoms with E-state index in [1.165, 1.54) is 0 Å². The van der Waals surface area contributed by atoms with Gasteiger partial charge in [-0.05, 0) is 19.9 Å². The molecule has 0 spiro atoms. The third-order valence-corrected chi connectivity index (χ3v) is 1.41. The van der Waals surface area contributed by atoms with Crippen molar-refractivity contribution in [1.29, 1.82) is 0 Å². The van der Waals surface area contributed by atoms with Crippen LogP contribution in [0.4, 0.5) is 0 Å². The first kappa shape index (κ1) is 14.2. The number of aromatic nitrogens is 3. The second-order valence-corrected chi connectivity index (χ2v) is 2.21. The summed E-state index contributed by atoms with van der Waals surface area (Å²) in [5.74, 6) is 0.952. The van der Waals surface area contributed by atoms with Gasteiger partial charge in [0.15, 0.2) is 0 Å². The second-order valence-electron chi connectivity index (χ2n) is 2.21. The van der Waals surface area contributed by atoms with E-state index in [1.807, 2.05) is 11.5 Å². The van der Waals surface area contributed by atoms with Crippen molar-refractivity contribution in [2.45, 2.75) is 19.9 Å². The Labute approximate surface area is 84.4 Å². The molecule has 0 aliphatic rings. The molecule has 0 aromatic carbocycles. The van der Waals surface area contributed by atoms with Gasteiger partial charge in [-0.3, -0.25) is 0 Å². The third kappa shape index (κ3) is 3.90. The molecule has 0 saturated heterocycles. The molecule has 1 aromatic heterocycles. The van der Waals surface area contributed by atoms with Gasteiger partial charge in [0, 0.05) is 6.54 Å². The molecule has 4 nitrogen and oxygen atoms in total. The SMILES string of the molecule is Cc1nncn1CCCN.Cl.Cl. The molecule has 0 fully saturated rings. The fraction of sp³-hybridized carbons (Fsp3) is 0.667. The van der Waals surface area contributed by atoms with Crippen molar-refractivity contribution in [3.05, 3.63) is 12.2 Å². The normalized spacial score (nSPS) is 8.50. The highest BCUT2D eigenvalue weighted by atomic mass is 35.5. The Bertz CT molecular complexity index is 201. The Balaban J connectivity index is 0. The lowest BCUT2D eigenvalue weighted by atomic mass is 10.4. The fourth-order valence-corrected chi connectivity index (χ4v) is 0.794. The molecule has 72 valence electrons. The summed E-state index contributed by atoms with van der Waals surface area (Å²) in [5.41, 5.74) is 5.34. The largest absolute Gasteiger partial charge is 0.330 e. The number of nitrogens with zero attached hydrogens (tertiary/aromatic N) is 3. The van der Waals surface area contributed by atoms with Crippen molar-refractivity contribution >= 4 is 24.8 Å². The molecule has 0 atom stereocenters. The van der Waals surface area contributed by atoms with Crippen LogP contribution in [0.5, 0.6) is 0 Å². The van der Waals surface area contributed by atoms with Crippen molar-refractivity contribution < 1.29 is 0 Å². The third-order valence-electron chi connectivity index (χ3n) is 1.41. The molecule has 1 aromatic rings. The molecule has 2 N–H and O–H groups in total. The van der Waals surface area contributed by atoms with Crippen LogP contribution in [-0.2, 0) is 6.54 Å². The van der Waals surface area contributed by atoms with E-state index < -0.39 is 0 Å². The molecule has 0 aliphatic heterocycles. The predicted molar refractivity (Wildman–Crippen MR) is 52.9 cm³/mol. The van der Waals surface area contributed by atoms with Gasteiger partial charge < -0.3 is 10.3 Å². The second kappa shape index (κ2) is 7.34.